The molecule has 0 atom stereocenters. The Hall–Kier alpha value is -1.16. The fourth-order valence-corrected chi connectivity index (χ4v) is 1.65. The molecule has 1 aromatic rings. The number of hydrogen-bond donors (Lipinski definition) is 2. The first-order valence-electron chi connectivity index (χ1n) is 5.55. The summed E-state index contributed by atoms with van der Waals surface area (Å²) in [4.78, 5) is 0. The molecule has 4 heteroatoms. The molecule has 0 amide bonds. The zero-order valence-corrected chi connectivity index (χ0v) is 9.26. The second-order valence-electron chi connectivity index (χ2n) is 4.07. The van der Waals surface area contributed by atoms with Crippen LogP contribution in [0.25, 0.3) is 0 Å². The van der Waals surface area contributed by atoms with Crippen LogP contribution in [0, 0.1) is 11.6 Å². The third-order valence-electron chi connectivity index (χ3n) is 2.59. The fraction of sp³-hybridized carbons (Fsp3) is 0.500. The molecule has 0 aliphatic heterocycles. The maximum absolute atomic E-state index is 12.1. The third kappa shape index (κ3) is 4.57. The topological polar surface area (TPSA) is 52.0 Å². The van der Waals surface area contributed by atoms with Crippen LogP contribution in [0.15, 0.2) is 18.2 Å². The van der Waals surface area contributed by atoms with Gasteiger partial charge in [-0.15, -0.1) is 0 Å². The lowest BCUT2D eigenvalue weighted by Crippen LogP contribution is -2.22. The van der Waals surface area contributed by atoms with Crippen molar-refractivity contribution < 1.29 is 8.78 Å². The van der Waals surface area contributed by atoms with Gasteiger partial charge in [-0.05, 0) is 31.0 Å². The standard InChI is InChI=1S/C6H5F2N.C6H13N/c7-5-2-1-4(9)3-6(5)8;7-6-4-2-1-3-5-6/h1-3H,9H2;6H,1-5,7H2. The van der Waals surface area contributed by atoms with E-state index < -0.39 is 11.6 Å². The zero-order valence-electron chi connectivity index (χ0n) is 9.26. The van der Waals surface area contributed by atoms with Gasteiger partial charge in [0.2, 0.25) is 0 Å². The lowest BCUT2D eigenvalue weighted by molar-refractivity contribution is 0.441. The van der Waals surface area contributed by atoms with Crippen LogP contribution in [0.5, 0.6) is 0 Å². The Morgan fingerprint density at radius 2 is 1.62 bits per heavy atom. The van der Waals surface area contributed by atoms with E-state index in [9.17, 15) is 8.78 Å². The van der Waals surface area contributed by atoms with E-state index >= 15 is 0 Å². The average Bonchev–Trinajstić information content (AvgIpc) is 2.26. The molecule has 1 fully saturated rings. The van der Waals surface area contributed by atoms with E-state index in [2.05, 4.69) is 0 Å². The number of halogens is 2. The van der Waals surface area contributed by atoms with Gasteiger partial charge in [-0.2, -0.15) is 0 Å². The molecule has 0 aromatic heterocycles. The highest BCUT2D eigenvalue weighted by Crippen LogP contribution is 2.14. The van der Waals surface area contributed by atoms with Crippen LogP contribution < -0.4 is 11.5 Å². The molecule has 1 aliphatic rings. The summed E-state index contributed by atoms with van der Waals surface area (Å²) in [5.41, 5.74) is 11.0. The predicted octanol–water partition coefficient (Wildman–Crippen LogP) is 2.82. The molecule has 0 spiro atoms. The second-order valence-corrected chi connectivity index (χ2v) is 4.07. The Labute approximate surface area is 94.6 Å². The SMILES string of the molecule is NC1CCCCC1.Nc1ccc(F)c(F)c1. The van der Waals surface area contributed by atoms with Crippen molar-refractivity contribution in [1.82, 2.24) is 0 Å². The summed E-state index contributed by atoms with van der Waals surface area (Å²) in [6.07, 6.45) is 6.66. The maximum atomic E-state index is 12.1. The minimum Gasteiger partial charge on any atom is -0.399 e. The molecule has 2 nitrogen and oxygen atoms in total. The molecule has 90 valence electrons. The summed E-state index contributed by atoms with van der Waals surface area (Å²) >= 11 is 0. The van der Waals surface area contributed by atoms with Crippen molar-refractivity contribution in [3.8, 4) is 0 Å². The maximum Gasteiger partial charge on any atom is 0.160 e. The molecule has 1 aromatic carbocycles. The van der Waals surface area contributed by atoms with E-state index in [4.69, 9.17) is 11.5 Å². The van der Waals surface area contributed by atoms with Crippen LogP contribution in [0.2, 0.25) is 0 Å². The van der Waals surface area contributed by atoms with Crippen molar-refractivity contribution in [2.24, 2.45) is 5.73 Å². The van der Waals surface area contributed by atoms with Gasteiger partial charge < -0.3 is 11.5 Å². The number of hydrogen-bond acceptors (Lipinski definition) is 2. The van der Waals surface area contributed by atoms with Crippen molar-refractivity contribution in [3.05, 3.63) is 29.8 Å². The minimum atomic E-state index is -0.907. The predicted molar refractivity (Wildman–Crippen MR) is 61.8 cm³/mol. The summed E-state index contributed by atoms with van der Waals surface area (Å²) in [7, 11) is 0. The Balaban J connectivity index is 0.000000165. The molecule has 1 saturated carbocycles. The zero-order chi connectivity index (χ0) is 12.0. The van der Waals surface area contributed by atoms with Crippen molar-refractivity contribution in [2.45, 2.75) is 38.1 Å². The lowest BCUT2D eigenvalue weighted by Gasteiger charge is -2.15. The Morgan fingerprint density at radius 3 is 2.00 bits per heavy atom. The van der Waals surface area contributed by atoms with Crippen molar-refractivity contribution in [1.29, 1.82) is 0 Å². The summed E-state index contributed by atoms with van der Waals surface area (Å²) in [5, 5.41) is 0. The van der Waals surface area contributed by atoms with E-state index in [0.717, 1.165) is 12.1 Å². The van der Waals surface area contributed by atoms with Crippen molar-refractivity contribution in [3.63, 3.8) is 0 Å². The van der Waals surface area contributed by atoms with Gasteiger partial charge in [0.25, 0.3) is 0 Å². The molecule has 0 unspecified atom stereocenters. The molecule has 4 N–H and O–H groups in total. The number of rotatable bonds is 0. The second kappa shape index (κ2) is 6.43. The molecular formula is C12H18F2N2. The highest BCUT2D eigenvalue weighted by atomic mass is 19.2. The molecule has 0 bridgehead atoms. The van der Waals surface area contributed by atoms with Crippen LogP contribution in [0.4, 0.5) is 14.5 Å². The Bertz CT molecular complexity index is 323. The third-order valence-corrected chi connectivity index (χ3v) is 2.59. The van der Waals surface area contributed by atoms with Gasteiger partial charge in [0.1, 0.15) is 0 Å². The van der Waals surface area contributed by atoms with Gasteiger partial charge in [0.05, 0.1) is 0 Å². The molecule has 0 heterocycles. The molecule has 1 aliphatic carbocycles. The first-order valence-corrected chi connectivity index (χ1v) is 5.55. The Kier molecular flexibility index (Phi) is 5.19. The summed E-state index contributed by atoms with van der Waals surface area (Å²) in [6, 6.07) is 3.77. The van der Waals surface area contributed by atoms with Crippen molar-refractivity contribution >= 4 is 5.69 Å². The van der Waals surface area contributed by atoms with E-state index in [1.165, 1.54) is 38.2 Å². The first kappa shape index (κ1) is 12.9. The van der Waals surface area contributed by atoms with E-state index in [1.807, 2.05) is 0 Å². The lowest BCUT2D eigenvalue weighted by atomic mass is 9.97. The quantitative estimate of drug-likeness (QED) is 0.671. The molecular weight excluding hydrogens is 210 g/mol. The average molecular weight is 228 g/mol. The van der Waals surface area contributed by atoms with Gasteiger partial charge in [0.15, 0.2) is 11.6 Å². The first-order chi connectivity index (χ1) is 7.59. The van der Waals surface area contributed by atoms with Gasteiger partial charge in [-0.25, -0.2) is 8.78 Å². The molecule has 0 saturated heterocycles. The van der Waals surface area contributed by atoms with Crippen LogP contribution in [0.3, 0.4) is 0 Å². The van der Waals surface area contributed by atoms with E-state index in [0.29, 0.717) is 6.04 Å². The van der Waals surface area contributed by atoms with Crippen molar-refractivity contribution in [2.75, 3.05) is 5.73 Å². The smallest absolute Gasteiger partial charge is 0.160 e. The monoisotopic (exact) mass is 228 g/mol. The van der Waals surface area contributed by atoms with Gasteiger partial charge in [0, 0.05) is 11.7 Å². The van der Waals surface area contributed by atoms with E-state index in [-0.39, 0.29) is 5.69 Å². The van der Waals surface area contributed by atoms with Crippen LogP contribution >= 0.6 is 0 Å². The van der Waals surface area contributed by atoms with Gasteiger partial charge in [-0.3, -0.25) is 0 Å². The fourth-order valence-electron chi connectivity index (χ4n) is 1.65. The summed E-state index contributed by atoms with van der Waals surface area (Å²) in [6.45, 7) is 0. The largest absolute Gasteiger partial charge is 0.399 e. The highest BCUT2D eigenvalue weighted by Gasteiger charge is 2.06. The van der Waals surface area contributed by atoms with E-state index in [1.54, 1.807) is 0 Å². The van der Waals surface area contributed by atoms with Crippen LogP contribution in [-0.4, -0.2) is 6.04 Å². The van der Waals surface area contributed by atoms with Gasteiger partial charge >= 0.3 is 0 Å². The minimum absolute atomic E-state index is 0.230. The number of anilines is 1. The molecule has 0 radical (unpaired) electrons. The van der Waals surface area contributed by atoms with Crippen LogP contribution in [0.1, 0.15) is 32.1 Å². The number of benzene rings is 1. The summed E-state index contributed by atoms with van der Waals surface area (Å²) < 4.78 is 24.2. The number of nitrogens with two attached hydrogens (primary N) is 2. The normalized spacial score (nSPS) is 16.4. The highest BCUT2D eigenvalue weighted by molar-refractivity contribution is 5.37. The molecule has 16 heavy (non-hydrogen) atoms. The van der Waals surface area contributed by atoms with Crippen LogP contribution in [-0.2, 0) is 0 Å². The number of nitrogen functional groups attached to an aromatic ring is 1. The molecule has 2 rings (SSSR count). The Morgan fingerprint density at radius 1 is 1.00 bits per heavy atom. The summed E-state index contributed by atoms with van der Waals surface area (Å²) in [5.74, 6) is -1.78. The van der Waals surface area contributed by atoms with Gasteiger partial charge in [-0.1, -0.05) is 19.3 Å².